The molecule has 0 unspecified atom stereocenters. The van der Waals surface area contributed by atoms with Gasteiger partial charge in [-0.2, -0.15) is 5.10 Å². The zero-order valence-corrected chi connectivity index (χ0v) is 14.2. The Hall–Kier alpha value is -3.15. The van der Waals surface area contributed by atoms with Gasteiger partial charge in [0.1, 0.15) is 5.75 Å². The van der Waals surface area contributed by atoms with E-state index >= 15 is 0 Å². The molecule has 0 amide bonds. The fourth-order valence-electron chi connectivity index (χ4n) is 2.70. The van der Waals surface area contributed by atoms with E-state index < -0.39 is 4.92 Å². The van der Waals surface area contributed by atoms with Crippen molar-refractivity contribution in [2.45, 2.75) is 19.8 Å². The van der Waals surface area contributed by atoms with Crippen LogP contribution >= 0.6 is 0 Å². The van der Waals surface area contributed by atoms with Crippen LogP contribution in [0.25, 0.3) is 16.9 Å². The van der Waals surface area contributed by atoms with E-state index in [0.29, 0.717) is 0 Å². The molecule has 0 atom stereocenters. The van der Waals surface area contributed by atoms with Gasteiger partial charge in [0.05, 0.1) is 23.4 Å². The summed E-state index contributed by atoms with van der Waals surface area (Å²) in [6, 6.07) is 16.3. The van der Waals surface area contributed by atoms with E-state index in [2.05, 4.69) is 13.0 Å². The molecule has 0 aliphatic heterocycles. The van der Waals surface area contributed by atoms with Crippen LogP contribution < -0.4 is 4.74 Å². The molecule has 0 saturated carbocycles. The van der Waals surface area contributed by atoms with Crippen molar-refractivity contribution in [3.63, 3.8) is 0 Å². The predicted octanol–water partition coefficient (Wildman–Crippen LogP) is 4.41. The molecular weight excluding hydrogens is 318 g/mol. The molecule has 6 heteroatoms. The molecule has 0 bridgehead atoms. The summed E-state index contributed by atoms with van der Waals surface area (Å²) in [6.07, 6.45) is 1.86. The second kappa shape index (κ2) is 7.17. The third kappa shape index (κ3) is 3.52. The van der Waals surface area contributed by atoms with Gasteiger partial charge < -0.3 is 4.74 Å². The average Bonchev–Trinajstić information content (AvgIpc) is 3.06. The molecule has 25 heavy (non-hydrogen) atoms. The average molecular weight is 337 g/mol. The van der Waals surface area contributed by atoms with Crippen LogP contribution in [0.4, 0.5) is 5.69 Å². The Labute approximate surface area is 145 Å². The molecule has 0 aliphatic carbocycles. The summed E-state index contributed by atoms with van der Waals surface area (Å²) >= 11 is 0. The molecule has 3 aromatic rings. The summed E-state index contributed by atoms with van der Waals surface area (Å²) in [6.45, 7) is 2.11. The van der Waals surface area contributed by atoms with E-state index in [0.717, 1.165) is 41.2 Å². The Bertz CT molecular complexity index is 868. The number of ether oxygens (including phenoxy) is 1. The fraction of sp³-hybridized carbons (Fsp3) is 0.211. The summed E-state index contributed by atoms with van der Waals surface area (Å²) in [5.41, 5.74) is 3.82. The van der Waals surface area contributed by atoms with Crippen molar-refractivity contribution in [3.05, 3.63) is 70.4 Å². The zero-order chi connectivity index (χ0) is 17.8. The quantitative estimate of drug-likeness (QED) is 0.493. The van der Waals surface area contributed by atoms with Gasteiger partial charge in [0.15, 0.2) is 0 Å². The molecule has 2 aromatic carbocycles. The standard InChI is InChI=1S/C19H19N3O3/c1-3-4-17-13-19(14-5-11-18(25-2)12-6-14)20-21(17)15-7-9-16(10-8-15)22(23)24/h5-13H,3-4H2,1-2H3. The number of nitro groups is 1. The van der Waals surface area contributed by atoms with Crippen LogP contribution in [-0.2, 0) is 6.42 Å². The minimum Gasteiger partial charge on any atom is -0.497 e. The number of non-ortho nitro benzene ring substituents is 1. The lowest BCUT2D eigenvalue weighted by molar-refractivity contribution is -0.384. The number of benzene rings is 2. The predicted molar refractivity (Wildman–Crippen MR) is 96.2 cm³/mol. The summed E-state index contributed by atoms with van der Waals surface area (Å²) in [4.78, 5) is 10.4. The first-order chi connectivity index (χ1) is 12.1. The third-order valence-corrected chi connectivity index (χ3v) is 3.98. The van der Waals surface area contributed by atoms with E-state index in [4.69, 9.17) is 9.84 Å². The second-order valence-corrected chi connectivity index (χ2v) is 5.68. The van der Waals surface area contributed by atoms with Crippen LogP contribution in [0.5, 0.6) is 5.75 Å². The lowest BCUT2D eigenvalue weighted by atomic mass is 10.1. The maximum Gasteiger partial charge on any atom is 0.269 e. The summed E-state index contributed by atoms with van der Waals surface area (Å²) < 4.78 is 7.05. The van der Waals surface area contributed by atoms with Crippen LogP contribution in [0.15, 0.2) is 54.6 Å². The van der Waals surface area contributed by atoms with Gasteiger partial charge in [-0.1, -0.05) is 13.3 Å². The Morgan fingerprint density at radius 3 is 2.36 bits per heavy atom. The highest BCUT2D eigenvalue weighted by atomic mass is 16.6. The molecule has 1 heterocycles. The minimum absolute atomic E-state index is 0.0725. The smallest absolute Gasteiger partial charge is 0.269 e. The van der Waals surface area contributed by atoms with Gasteiger partial charge in [-0.05, 0) is 48.9 Å². The lowest BCUT2D eigenvalue weighted by Crippen LogP contribution is -2.02. The highest BCUT2D eigenvalue weighted by molar-refractivity contribution is 5.61. The number of methoxy groups -OCH3 is 1. The summed E-state index contributed by atoms with van der Waals surface area (Å²) in [5.74, 6) is 0.798. The molecular formula is C19H19N3O3. The first-order valence-electron chi connectivity index (χ1n) is 8.10. The van der Waals surface area contributed by atoms with Crippen molar-refractivity contribution in [1.29, 1.82) is 0 Å². The SMILES string of the molecule is CCCc1cc(-c2ccc(OC)cc2)nn1-c1ccc([N+](=O)[O-])cc1. The van der Waals surface area contributed by atoms with Gasteiger partial charge in [0, 0.05) is 23.4 Å². The number of nitrogens with zero attached hydrogens (tertiary/aromatic N) is 3. The lowest BCUT2D eigenvalue weighted by Gasteiger charge is -2.06. The minimum atomic E-state index is -0.400. The van der Waals surface area contributed by atoms with E-state index in [1.165, 1.54) is 12.1 Å². The molecule has 1 aromatic heterocycles. The number of hydrogen-bond donors (Lipinski definition) is 0. The van der Waals surface area contributed by atoms with Crippen LogP contribution in [0.2, 0.25) is 0 Å². The molecule has 0 radical (unpaired) electrons. The molecule has 128 valence electrons. The van der Waals surface area contributed by atoms with Gasteiger partial charge in [0.25, 0.3) is 5.69 Å². The molecule has 0 N–H and O–H groups in total. The van der Waals surface area contributed by atoms with Crippen molar-refractivity contribution in [2.75, 3.05) is 7.11 Å². The topological polar surface area (TPSA) is 70.2 Å². The van der Waals surface area contributed by atoms with Crippen LogP contribution in [0.1, 0.15) is 19.0 Å². The fourth-order valence-corrected chi connectivity index (χ4v) is 2.70. The van der Waals surface area contributed by atoms with E-state index in [1.807, 2.05) is 28.9 Å². The zero-order valence-electron chi connectivity index (χ0n) is 14.2. The van der Waals surface area contributed by atoms with E-state index in [1.54, 1.807) is 19.2 Å². The monoisotopic (exact) mass is 337 g/mol. The maximum absolute atomic E-state index is 10.8. The molecule has 0 fully saturated rings. The first-order valence-corrected chi connectivity index (χ1v) is 8.10. The highest BCUT2D eigenvalue weighted by Gasteiger charge is 2.12. The van der Waals surface area contributed by atoms with Crippen molar-refractivity contribution >= 4 is 5.69 Å². The highest BCUT2D eigenvalue weighted by Crippen LogP contribution is 2.25. The Morgan fingerprint density at radius 2 is 1.80 bits per heavy atom. The number of nitro benzene ring substituents is 1. The van der Waals surface area contributed by atoms with Crippen LogP contribution in [0, 0.1) is 10.1 Å². The van der Waals surface area contributed by atoms with E-state index in [9.17, 15) is 10.1 Å². The van der Waals surface area contributed by atoms with Crippen molar-refractivity contribution in [2.24, 2.45) is 0 Å². The van der Waals surface area contributed by atoms with Gasteiger partial charge >= 0.3 is 0 Å². The number of rotatable bonds is 6. The van der Waals surface area contributed by atoms with Crippen LogP contribution in [-0.4, -0.2) is 21.8 Å². The second-order valence-electron chi connectivity index (χ2n) is 5.68. The van der Waals surface area contributed by atoms with Gasteiger partial charge in [0.2, 0.25) is 0 Å². The van der Waals surface area contributed by atoms with Gasteiger partial charge in [-0.25, -0.2) is 4.68 Å². The number of hydrogen-bond acceptors (Lipinski definition) is 4. The molecule has 0 aliphatic rings. The van der Waals surface area contributed by atoms with Gasteiger partial charge in [-0.15, -0.1) is 0 Å². The third-order valence-electron chi connectivity index (χ3n) is 3.98. The molecule has 0 spiro atoms. The number of aryl methyl sites for hydroxylation is 1. The summed E-state index contributed by atoms with van der Waals surface area (Å²) in [7, 11) is 1.64. The largest absolute Gasteiger partial charge is 0.497 e. The molecule has 0 saturated heterocycles. The van der Waals surface area contributed by atoms with Crippen molar-refractivity contribution < 1.29 is 9.66 Å². The Balaban J connectivity index is 2.00. The number of aromatic nitrogens is 2. The van der Waals surface area contributed by atoms with Crippen molar-refractivity contribution in [3.8, 4) is 22.7 Å². The molecule has 3 rings (SSSR count). The normalized spacial score (nSPS) is 10.6. The van der Waals surface area contributed by atoms with Gasteiger partial charge in [-0.3, -0.25) is 10.1 Å². The Kier molecular flexibility index (Phi) is 4.79. The first kappa shape index (κ1) is 16.7. The van der Waals surface area contributed by atoms with Crippen molar-refractivity contribution in [1.82, 2.24) is 9.78 Å². The molecule has 6 nitrogen and oxygen atoms in total. The van der Waals surface area contributed by atoms with Crippen LogP contribution in [0.3, 0.4) is 0 Å². The maximum atomic E-state index is 10.8. The summed E-state index contributed by atoms with van der Waals surface area (Å²) in [5, 5.41) is 15.5. The van der Waals surface area contributed by atoms with E-state index in [-0.39, 0.29) is 5.69 Å². The Morgan fingerprint density at radius 1 is 1.12 bits per heavy atom.